The van der Waals surface area contributed by atoms with Gasteiger partial charge in [-0.25, -0.2) is 9.59 Å². The van der Waals surface area contributed by atoms with E-state index >= 15 is 0 Å². The van der Waals surface area contributed by atoms with Crippen molar-refractivity contribution in [1.29, 1.82) is 0 Å². The predicted molar refractivity (Wildman–Crippen MR) is 127 cm³/mol. The number of ether oxygens (including phenoxy) is 4. The molecule has 0 bridgehead atoms. The average molecular weight is 491 g/mol. The summed E-state index contributed by atoms with van der Waals surface area (Å²) in [5.41, 5.74) is 0.675. The van der Waals surface area contributed by atoms with Gasteiger partial charge < -0.3 is 39.4 Å². The Morgan fingerprint density at radius 1 is 0.629 bits per heavy atom. The van der Waals surface area contributed by atoms with E-state index in [0.29, 0.717) is 35.7 Å². The van der Waals surface area contributed by atoms with E-state index in [2.05, 4.69) is 13.2 Å². The van der Waals surface area contributed by atoms with Crippen molar-refractivity contribution in [3.8, 4) is 34.5 Å². The van der Waals surface area contributed by atoms with Crippen LogP contribution in [-0.4, -0.2) is 58.8 Å². The van der Waals surface area contributed by atoms with Crippen LogP contribution in [0.15, 0.2) is 60.7 Å². The van der Waals surface area contributed by atoms with E-state index in [4.69, 9.17) is 18.9 Å². The second-order valence-electron chi connectivity index (χ2n) is 7.25. The number of benzene rings is 2. The highest BCUT2D eigenvalue weighted by atomic mass is 16.6. The number of phenolic OH excluding ortho intramolecular Hbond substituents is 4. The SMILES string of the molecule is C=C(C)C(=O)OCCCOc1cc(O)cc(O)c1.C=C(C)C(=O)OCCOc1cc(O)cc(O)c1. The summed E-state index contributed by atoms with van der Waals surface area (Å²) in [4.78, 5) is 22.0. The van der Waals surface area contributed by atoms with Gasteiger partial charge in [-0.05, 0) is 13.8 Å². The van der Waals surface area contributed by atoms with Crippen molar-refractivity contribution in [3.05, 3.63) is 60.7 Å². The van der Waals surface area contributed by atoms with Crippen LogP contribution in [0.4, 0.5) is 0 Å². The molecule has 0 aliphatic rings. The molecule has 0 heterocycles. The molecular weight excluding hydrogens is 460 g/mol. The van der Waals surface area contributed by atoms with Gasteiger partial charge in [0.1, 0.15) is 47.7 Å². The lowest BCUT2D eigenvalue weighted by molar-refractivity contribution is -0.140. The minimum atomic E-state index is -0.479. The van der Waals surface area contributed by atoms with Crippen molar-refractivity contribution in [3.63, 3.8) is 0 Å². The van der Waals surface area contributed by atoms with E-state index < -0.39 is 11.9 Å². The van der Waals surface area contributed by atoms with Gasteiger partial charge in [0.15, 0.2) is 0 Å². The molecule has 2 rings (SSSR count). The Morgan fingerprint density at radius 2 is 1.00 bits per heavy atom. The fraction of sp³-hybridized carbons (Fsp3) is 0.280. The highest BCUT2D eigenvalue weighted by Crippen LogP contribution is 2.26. The maximum Gasteiger partial charge on any atom is 0.333 e. The first-order valence-electron chi connectivity index (χ1n) is 10.4. The summed E-state index contributed by atoms with van der Waals surface area (Å²) in [5.74, 6) is -0.583. The Hall–Kier alpha value is -4.34. The molecule has 4 N–H and O–H groups in total. The van der Waals surface area contributed by atoms with Gasteiger partial charge in [0.05, 0.1) is 13.2 Å². The number of rotatable bonds is 11. The second kappa shape index (κ2) is 14.7. The number of esters is 2. The number of phenols is 4. The van der Waals surface area contributed by atoms with Crippen molar-refractivity contribution in [2.24, 2.45) is 0 Å². The maximum absolute atomic E-state index is 11.0. The monoisotopic (exact) mass is 490 g/mol. The van der Waals surface area contributed by atoms with Gasteiger partial charge in [0, 0.05) is 54.0 Å². The zero-order valence-corrected chi connectivity index (χ0v) is 19.7. The van der Waals surface area contributed by atoms with Gasteiger partial charge in [0.2, 0.25) is 0 Å². The summed E-state index contributed by atoms with van der Waals surface area (Å²) in [5, 5.41) is 36.8. The van der Waals surface area contributed by atoms with Crippen LogP contribution in [0.5, 0.6) is 34.5 Å². The summed E-state index contributed by atoms with van der Waals surface area (Å²) >= 11 is 0. The van der Waals surface area contributed by atoms with Crippen molar-refractivity contribution < 1.29 is 49.0 Å². The third kappa shape index (κ3) is 12.5. The molecule has 35 heavy (non-hydrogen) atoms. The summed E-state index contributed by atoms with van der Waals surface area (Å²) in [6.45, 7) is 10.8. The molecule has 190 valence electrons. The van der Waals surface area contributed by atoms with Gasteiger partial charge >= 0.3 is 11.9 Å². The maximum atomic E-state index is 11.0. The van der Waals surface area contributed by atoms with Gasteiger partial charge in [0.25, 0.3) is 0 Å². The highest BCUT2D eigenvalue weighted by Gasteiger charge is 2.05. The first-order valence-corrected chi connectivity index (χ1v) is 10.4. The molecule has 0 saturated heterocycles. The normalized spacial score (nSPS) is 9.77. The summed E-state index contributed by atoms with van der Waals surface area (Å²) in [7, 11) is 0. The molecule has 10 heteroatoms. The number of carbonyl (C=O) groups excluding carboxylic acids is 2. The van der Waals surface area contributed by atoms with Crippen LogP contribution in [0.2, 0.25) is 0 Å². The lowest BCUT2D eigenvalue weighted by atomic mass is 10.3. The molecule has 0 spiro atoms. The van der Waals surface area contributed by atoms with E-state index in [-0.39, 0.29) is 42.8 Å². The van der Waals surface area contributed by atoms with Crippen molar-refractivity contribution in [2.45, 2.75) is 20.3 Å². The van der Waals surface area contributed by atoms with Crippen molar-refractivity contribution >= 4 is 11.9 Å². The minimum Gasteiger partial charge on any atom is -0.508 e. The van der Waals surface area contributed by atoms with E-state index in [9.17, 15) is 30.0 Å². The van der Waals surface area contributed by atoms with Crippen LogP contribution in [0.1, 0.15) is 20.3 Å². The van der Waals surface area contributed by atoms with Crippen LogP contribution in [0.25, 0.3) is 0 Å². The Balaban J connectivity index is 0.000000351. The summed E-state index contributed by atoms with van der Waals surface area (Å²) in [6.07, 6.45) is 0.509. The molecule has 0 aliphatic carbocycles. The van der Waals surface area contributed by atoms with Gasteiger partial charge in [-0.15, -0.1) is 0 Å². The molecule has 10 nitrogen and oxygen atoms in total. The fourth-order valence-electron chi connectivity index (χ4n) is 2.26. The molecule has 0 saturated carbocycles. The van der Waals surface area contributed by atoms with E-state index in [0.717, 1.165) is 0 Å². The summed E-state index contributed by atoms with van der Waals surface area (Å²) < 4.78 is 20.1. The topological polar surface area (TPSA) is 152 Å². The Labute approximate surface area is 203 Å². The van der Waals surface area contributed by atoms with E-state index in [1.807, 2.05) is 0 Å². The Kier molecular flexibility index (Phi) is 12.1. The molecule has 0 radical (unpaired) electrons. The predicted octanol–water partition coefficient (Wildman–Crippen LogP) is 3.58. The van der Waals surface area contributed by atoms with Crippen molar-refractivity contribution in [2.75, 3.05) is 26.4 Å². The highest BCUT2D eigenvalue weighted by molar-refractivity contribution is 5.87. The van der Waals surface area contributed by atoms with Gasteiger partial charge in [-0.1, -0.05) is 13.2 Å². The molecule has 0 fully saturated rings. The van der Waals surface area contributed by atoms with Crippen LogP contribution >= 0.6 is 0 Å². The lowest BCUT2D eigenvalue weighted by Gasteiger charge is -2.08. The first kappa shape index (κ1) is 28.7. The molecule has 0 aliphatic heterocycles. The second-order valence-corrected chi connectivity index (χ2v) is 7.25. The molecule has 0 unspecified atom stereocenters. The average Bonchev–Trinajstić information content (AvgIpc) is 2.75. The molecule has 0 aromatic heterocycles. The third-order valence-corrected chi connectivity index (χ3v) is 3.82. The van der Waals surface area contributed by atoms with Gasteiger partial charge in [-0.3, -0.25) is 0 Å². The standard InChI is InChI=1S/C13H16O5.C12H14O5/c1-9(2)13(16)18-5-3-4-17-12-7-10(14)6-11(15)8-12;1-8(2)12(15)17-4-3-16-11-6-9(13)5-10(14)7-11/h6-8,14-15H,1,3-5H2,2H3;5-7,13-14H,1,3-4H2,2H3. The number of aromatic hydroxyl groups is 4. The third-order valence-electron chi connectivity index (χ3n) is 3.82. The summed E-state index contributed by atoms with van der Waals surface area (Å²) in [6, 6.07) is 7.87. The molecule has 0 amide bonds. The number of hydrogen-bond acceptors (Lipinski definition) is 10. The Bertz CT molecular complexity index is 988. The van der Waals surface area contributed by atoms with Crippen LogP contribution in [0, 0.1) is 0 Å². The fourth-order valence-corrected chi connectivity index (χ4v) is 2.26. The smallest absolute Gasteiger partial charge is 0.333 e. The van der Waals surface area contributed by atoms with Crippen LogP contribution < -0.4 is 9.47 Å². The van der Waals surface area contributed by atoms with Crippen LogP contribution in [-0.2, 0) is 19.1 Å². The zero-order valence-electron chi connectivity index (χ0n) is 19.7. The van der Waals surface area contributed by atoms with Gasteiger partial charge in [-0.2, -0.15) is 0 Å². The Morgan fingerprint density at radius 3 is 1.40 bits per heavy atom. The quantitative estimate of drug-likeness (QED) is 0.209. The lowest BCUT2D eigenvalue weighted by Crippen LogP contribution is -2.12. The molecule has 2 aromatic carbocycles. The van der Waals surface area contributed by atoms with E-state index in [1.165, 1.54) is 36.4 Å². The molecule has 2 aromatic rings. The van der Waals surface area contributed by atoms with E-state index in [1.54, 1.807) is 13.8 Å². The minimum absolute atomic E-state index is 0.0706. The zero-order chi connectivity index (χ0) is 26.4. The van der Waals surface area contributed by atoms with Crippen LogP contribution in [0.3, 0.4) is 0 Å². The number of hydrogen-bond donors (Lipinski definition) is 4. The van der Waals surface area contributed by atoms with Crippen molar-refractivity contribution in [1.82, 2.24) is 0 Å². The number of carbonyl (C=O) groups is 2. The molecule has 0 atom stereocenters. The molecular formula is C25H30O10. The largest absolute Gasteiger partial charge is 0.508 e. The first-order chi connectivity index (χ1) is 16.5.